The third-order valence-electron chi connectivity index (χ3n) is 3.76. The Kier molecular flexibility index (Phi) is 4.03. The van der Waals surface area contributed by atoms with Gasteiger partial charge >= 0.3 is 0 Å². The maximum Gasteiger partial charge on any atom is 0.299 e. The zero-order valence-corrected chi connectivity index (χ0v) is 14.2. The molecule has 126 valence electrons. The maximum absolute atomic E-state index is 13.5. The summed E-state index contributed by atoms with van der Waals surface area (Å²) in [7, 11) is 0. The number of thiazole rings is 1. The lowest BCUT2D eigenvalue weighted by molar-refractivity contribution is 0.0993. The van der Waals surface area contributed by atoms with Gasteiger partial charge in [0.05, 0.1) is 34.0 Å². The van der Waals surface area contributed by atoms with E-state index in [4.69, 9.17) is 6.42 Å². The third-order valence-corrected chi connectivity index (χ3v) is 4.80. The molecule has 0 aliphatic carbocycles. The van der Waals surface area contributed by atoms with E-state index in [2.05, 4.69) is 20.9 Å². The van der Waals surface area contributed by atoms with Gasteiger partial charge in [0.15, 0.2) is 4.80 Å². The van der Waals surface area contributed by atoms with Crippen LogP contribution in [0.5, 0.6) is 0 Å². The Morgan fingerprint density at radius 3 is 2.88 bits per heavy atom. The van der Waals surface area contributed by atoms with Crippen LogP contribution < -0.4 is 4.80 Å². The van der Waals surface area contributed by atoms with Gasteiger partial charge in [-0.25, -0.2) is 9.37 Å². The number of fused-ring (bicyclic) bond motifs is 2. The molecule has 26 heavy (non-hydrogen) atoms. The number of rotatable bonds is 2. The zero-order valence-electron chi connectivity index (χ0n) is 13.4. The number of benzene rings is 2. The highest BCUT2D eigenvalue weighted by Crippen LogP contribution is 2.18. The summed E-state index contributed by atoms with van der Waals surface area (Å²) in [5.74, 6) is 1.65. The second-order valence-corrected chi connectivity index (χ2v) is 6.46. The minimum Gasteiger partial charge on any atom is -0.305 e. The number of amides is 1. The standard InChI is InChI=1S/C19H11FN4OS/c1-2-9-24-16-8-7-12(20)10-17(16)26-19(24)23-18(25)15-11-21-13-5-3-4-6-14(13)22-15/h1,3-8,10-11H,9H2. The van der Waals surface area contributed by atoms with Gasteiger partial charge in [0, 0.05) is 0 Å². The Bertz CT molecular complexity index is 1270. The summed E-state index contributed by atoms with van der Waals surface area (Å²) >= 11 is 1.20. The summed E-state index contributed by atoms with van der Waals surface area (Å²) < 4.78 is 15.8. The lowest BCUT2D eigenvalue weighted by atomic mass is 10.3. The van der Waals surface area contributed by atoms with E-state index < -0.39 is 5.91 Å². The second-order valence-electron chi connectivity index (χ2n) is 5.45. The van der Waals surface area contributed by atoms with E-state index in [1.165, 1.54) is 29.7 Å². The highest BCUT2D eigenvalue weighted by Gasteiger charge is 2.11. The molecule has 0 saturated carbocycles. The molecule has 0 saturated heterocycles. The van der Waals surface area contributed by atoms with Crippen molar-refractivity contribution in [2.75, 3.05) is 0 Å². The van der Waals surface area contributed by atoms with Gasteiger partial charge in [-0.05, 0) is 30.3 Å². The molecule has 4 aromatic rings. The average Bonchev–Trinajstić information content (AvgIpc) is 2.98. The molecule has 2 heterocycles. The number of carbonyl (C=O) groups is 1. The van der Waals surface area contributed by atoms with Gasteiger partial charge in [0.25, 0.3) is 5.91 Å². The van der Waals surface area contributed by atoms with Gasteiger partial charge < -0.3 is 4.57 Å². The number of para-hydroxylation sites is 2. The van der Waals surface area contributed by atoms with Gasteiger partial charge in [0.2, 0.25) is 0 Å². The first-order chi connectivity index (χ1) is 12.7. The quantitative estimate of drug-likeness (QED) is 0.515. The molecular weight excluding hydrogens is 351 g/mol. The van der Waals surface area contributed by atoms with Crippen molar-refractivity contribution in [3.05, 3.63) is 65.0 Å². The fourth-order valence-electron chi connectivity index (χ4n) is 2.58. The van der Waals surface area contributed by atoms with Crippen molar-refractivity contribution in [2.45, 2.75) is 6.54 Å². The van der Waals surface area contributed by atoms with E-state index in [1.807, 2.05) is 18.2 Å². The molecule has 5 nitrogen and oxygen atoms in total. The van der Waals surface area contributed by atoms with Crippen LogP contribution in [0.4, 0.5) is 4.39 Å². The number of terminal acetylenes is 1. The first kappa shape index (κ1) is 16.1. The minimum absolute atomic E-state index is 0.139. The SMILES string of the molecule is C#CCn1c(=NC(=O)c2cnc3ccccc3n2)sc2cc(F)ccc21. The molecule has 0 aliphatic heterocycles. The van der Waals surface area contributed by atoms with Gasteiger partial charge in [-0.15, -0.1) is 6.42 Å². The highest BCUT2D eigenvalue weighted by molar-refractivity contribution is 7.16. The van der Waals surface area contributed by atoms with Crippen molar-refractivity contribution >= 4 is 38.5 Å². The number of hydrogen-bond acceptors (Lipinski definition) is 4. The van der Waals surface area contributed by atoms with Crippen LogP contribution in [0.1, 0.15) is 10.5 Å². The van der Waals surface area contributed by atoms with Crippen molar-refractivity contribution in [3.63, 3.8) is 0 Å². The predicted molar refractivity (Wildman–Crippen MR) is 98.0 cm³/mol. The van der Waals surface area contributed by atoms with Crippen LogP contribution in [0.25, 0.3) is 21.3 Å². The van der Waals surface area contributed by atoms with E-state index >= 15 is 0 Å². The van der Waals surface area contributed by atoms with Crippen LogP contribution in [0.15, 0.2) is 53.7 Å². The molecule has 1 amide bonds. The molecule has 0 spiro atoms. The van der Waals surface area contributed by atoms with Crippen LogP contribution in [0.2, 0.25) is 0 Å². The number of hydrogen-bond donors (Lipinski definition) is 0. The van der Waals surface area contributed by atoms with Crippen molar-refractivity contribution in [2.24, 2.45) is 4.99 Å². The van der Waals surface area contributed by atoms with E-state index in [-0.39, 0.29) is 18.1 Å². The molecule has 2 aromatic heterocycles. The van der Waals surface area contributed by atoms with Crippen LogP contribution >= 0.6 is 11.3 Å². The molecule has 0 aliphatic rings. The van der Waals surface area contributed by atoms with Crippen molar-refractivity contribution in [1.29, 1.82) is 0 Å². The number of halogens is 1. The maximum atomic E-state index is 13.5. The molecular formula is C19H11FN4OS. The van der Waals surface area contributed by atoms with Crippen LogP contribution in [-0.4, -0.2) is 20.4 Å². The fourth-order valence-corrected chi connectivity index (χ4v) is 3.63. The largest absolute Gasteiger partial charge is 0.305 e. The summed E-state index contributed by atoms with van der Waals surface area (Å²) in [6.45, 7) is 0.223. The molecule has 0 N–H and O–H groups in total. The monoisotopic (exact) mass is 362 g/mol. The van der Waals surface area contributed by atoms with Crippen molar-refractivity contribution in [3.8, 4) is 12.3 Å². The predicted octanol–water partition coefficient (Wildman–Crippen LogP) is 3.16. The summed E-state index contributed by atoms with van der Waals surface area (Å²) in [5.41, 5.74) is 2.18. The second kappa shape index (κ2) is 6.50. The first-order valence-corrected chi connectivity index (χ1v) is 8.50. The number of carbonyl (C=O) groups excluding carboxylic acids is 1. The topological polar surface area (TPSA) is 60.1 Å². The van der Waals surface area contributed by atoms with E-state index in [1.54, 1.807) is 16.7 Å². The number of nitrogens with zero attached hydrogens (tertiary/aromatic N) is 4. The fraction of sp³-hybridized carbons (Fsp3) is 0.0526. The van der Waals surface area contributed by atoms with Crippen molar-refractivity contribution in [1.82, 2.24) is 14.5 Å². The molecule has 0 radical (unpaired) electrons. The third kappa shape index (κ3) is 2.87. The smallest absolute Gasteiger partial charge is 0.299 e. The van der Waals surface area contributed by atoms with Crippen molar-refractivity contribution < 1.29 is 9.18 Å². The summed E-state index contributed by atoms with van der Waals surface area (Å²) in [4.78, 5) is 25.6. The Balaban J connectivity index is 1.84. The van der Waals surface area contributed by atoms with Gasteiger partial charge in [-0.3, -0.25) is 9.78 Å². The summed E-state index contributed by atoms with van der Waals surface area (Å²) in [5, 5.41) is 0. The first-order valence-electron chi connectivity index (χ1n) is 7.69. The molecule has 7 heteroatoms. The normalized spacial score (nSPS) is 11.8. The Morgan fingerprint density at radius 2 is 2.08 bits per heavy atom. The zero-order chi connectivity index (χ0) is 18.1. The Labute approximate surface area is 151 Å². The van der Waals surface area contributed by atoms with E-state index in [0.29, 0.717) is 20.5 Å². The molecule has 4 rings (SSSR count). The van der Waals surface area contributed by atoms with Crippen LogP contribution in [-0.2, 0) is 6.54 Å². The molecule has 0 bridgehead atoms. The van der Waals surface area contributed by atoms with Gasteiger partial charge in [0.1, 0.15) is 11.5 Å². The van der Waals surface area contributed by atoms with E-state index in [0.717, 1.165) is 5.52 Å². The molecule has 0 fully saturated rings. The summed E-state index contributed by atoms with van der Waals surface area (Å²) in [6.07, 6.45) is 6.82. The number of aromatic nitrogens is 3. The molecule has 0 atom stereocenters. The summed E-state index contributed by atoms with van der Waals surface area (Å²) in [6, 6.07) is 11.6. The average molecular weight is 362 g/mol. The minimum atomic E-state index is -0.527. The lowest BCUT2D eigenvalue weighted by Gasteiger charge is -2.00. The van der Waals surface area contributed by atoms with Gasteiger partial charge in [-0.1, -0.05) is 29.4 Å². The molecule has 2 aromatic carbocycles. The van der Waals surface area contributed by atoms with E-state index in [9.17, 15) is 9.18 Å². The molecule has 0 unspecified atom stereocenters. The van der Waals surface area contributed by atoms with Crippen LogP contribution in [0.3, 0.4) is 0 Å². The Morgan fingerprint density at radius 1 is 1.27 bits per heavy atom. The van der Waals surface area contributed by atoms with Crippen LogP contribution in [0, 0.1) is 18.2 Å². The van der Waals surface area contributed by atoms with Gasteiger partial charge in [-0.2, -0.15) is 4.99 Å². The lowest BCUT2D eigenvalue weighted by Crippen LogP contribution is -2.17. The Hall–Kier alpha value is -3.37. The highest BCUT2D eigenvalue weighted by atomic mass is 32.1.